The molecule has 0 aromatic heterocycles. The van der Waals surface area contributed by atoms with Crippen molar-refractivity contribution in [3.05, 3.63) is 29.8 Å². The van der Waals surface area contributed by atoms with Gasteiger partial charge in [0.2, 0.25) is 0 Å². The van der Waals surface area contributed by atoms with Gasteiger partial charge in [-0.15, -0.1) is 0 Å². The van der Waals surface area contributed by atoms with E-state index in [9.17, 15) is 4.79 Å². The number of ether oxygens (including phenoxy) is 1. The number of nitrogens with two attached hydrogens (primary N) is 1. The number of rotatable bonds is 7. The lowest BCUT2D eigenvalue weighted by Gasteiger charge is -2.10. The molecule has 0 saturated heterocycles. The van der Waals surface area contributed by atoms with Crippen LogP contribution < -0.4 is 15.8 Å². The molecule has 20 heavy (non-hydrogen) atoms. The van der Waals surface area contributed by atoms with E-state index >= 15 is 0 Å². The van der Waals surface area contributed by atoms with Crippen molar-refractivity contribution in [2.75, 3.05) is 13.2 Å². The summed E-state index contributed by atoms with van der Waals surface area (Å²) in [5, 5.41) is 6.92. The van der Waals surface area contributed by atoms with Crippen LogP contribution in [-0.2, 0) is 16.2 Å². The maximum Gasteiger partial charge on any atom is 0.266 e. The monoisotopic (exact) mass is 277 g/mol. The van der Waals surface area contributed by atoms with Crippen LogP contribution in [0.5, 0.6) is 5.75 Å². The molecule has 6 heteroatoms. The molecular formula is C14H19N3O3. The molecule has 1 atom stereocenters. The van der Waals surface area contributed by atoms with E-state index in [-0.39, 0.29) is 6.10 Å². The van der Waals surface area contributed by atoms with Gasteiger partial charge in [-0.1, -0.05) is 17.3 Å². The number of carbonyl (C=O) groups excluding carboxylic acids is 1. The van der Waals surface area contributed by atoms with E-state index < -0.39 is 5.91 Å². The Morgan fingerprint density at radius 3 is 2.85 bits per heavy atom. The van der Waals surface area contributed by atoms with Gasteiger partial charge in [-0.05, 0) is 24.6 Å². The van der Waals surface area contributed by atoms with E-state index in [0.29, 0.717) is 25.3 Å². The van der Waals surface area contributed by atoms with Gasteiger partial charge < -0.3 is 20.6 Å². The van der Waals surface area contributed by atoms with Crippen molar-refractivity contribution in [2.24, 2.45) is 10.9 Å². The number of amides is 1. The molecule has 1 aliphatic rings. The van der Waals surface area contributed by atoms with Gasteiger partial charge in [-0.2, -0.15) is 0 Å². The van der Waals surface area contributed by atoms with Crippen molar-refractivity contribution >= 4 is 11.6 Å². The van der Waals surface area contributed by atoms with Crippen LogP contribution in [-0.4, -0.2) is 30.9 Å². The number of hydrogen-bond donors (Lipinski definition) is 2. The highest BCUT2D eigenvalue weighted by Crippen LogP contribution is 2.12. The van der Waals surface area contributed by atoms with Crippen molar-refractivity contribution in [3.63, 3.8) is 0 Å². The topological polar surface area (TPSA) is 85.9 Å². The lowest BCUT2D eigenvalue weighted by Crippen LogP contribution is -2.29. The minimum atomic E-state index is -0.515. The van der Waals surface area contributed by atoms with Gasteiger partial charge in [0.25, 0.3) is 5.91 Å². The predicted octanol–water partition coefficient (Wildman–Crippen LogP) is 0.805. The quantitative estimate of drug-likeness (QED) is 0.772. The van der Waals surface area contributed by atoms with Gasteiger partial charge in [-0.25, -0.2) is 0 Å². The average molecular weight is 277 g/mol. The molecule has 1 heterocycles. The van der Waals surface area contributed by atoms with E-state index in [1.165, 1.54) is 0 Å². The van der Waals surface area contributed by atoms with Gasteiger partial charge in [0.05, 0.1) is 6.61 Å². The summed E-state index contributed by atoms with van der Waals surface area (Å²) in [5.41, 5.74) is 6.60. The summed E-state index contributed by atoms with van der Waals surface area (Å²) < 4.78 is 5.38. The van der Waals surface area contributed by atoms with E-state index in [1.807, 2.05) is 31.2 Å². The largest absolute Gasteiger partial charge is 0.494 e. The van der Waals surface area contributed by atoms with E-state index in [1.54, 1.807) is 0 Å². The second kappa shape index (κ2) is 6.91. The minimum absolute atomic E-state index is 0.125. The molecular weight excluding hydrogens is 258 g/mol. The Balaban J connectivity index is 1.70. The maximum atomic E-state index is 10.9. The molecule has 6 nitrogen and oxygen atoms in total. The van der Waals surface area contributed by atoms with Crippen LogP contribution in [0.15, 0.2) is 29.4 Å². The summed E-state index contributed by atoms with van der Waals surface area (Å²) in [6, 6.07) is 7.92. The lowest BCUT2D eigenvalue weighted by atomic mass is 10.1. The Kier molecular flexibility index (Phi) is 4.95. The molecule has 0 radical (unpaired) electrons. The van der Waals surface area contributed by atoms with Crippen LogP contribution in [0, 0.1) is 0 Å². The molecule has 1 aromatic carbocycles. The van der Waals surface area contributed by atoms with Crippen LogP contribution in [0.1, 0.15) is 18.9 Å². The summed E-state index contributed by atoms with van der Waals surface area (Å²) in [6.45, 7) is 3.96. The minimum Gasteiger partial charge on any atom is -0.494 e. The number of oxime groups is 1. The molecule has 1 aromatic rings. The van der Waals surface area contributed by atoms with Crippen LogP contribution in [0.2, 0.25) is 0 Å². The highest BCUT2D eigenvalue weighted by Gasteiger charge is 2.23. The Labute approximate surface area is 117 Å². The molecule has 1 amide bonds. The van der Waals surface area contributed by atoms with E-state index in [0.717, 1.165) is 17.9 Å². The van der Waals surface area contributed by atoms with Gasteiger partial charge in [-0.3, -0.25) is 4.79 Å². The zero-order valence-electron chi connectivity index (χ0n) is 11.5. The first-order chi connectivity index (χ1) is 9.69. The molecule has 0 saturated carbocycles. The molecule has 0 aliphatic carbocycles. The third kappa shape index (κ3) is 3.96. The molecule has 108 valence electrons. The zero-order chi connectivity index (χ0) is 14.4. The fourth-order valence-electron chi connectivity index (χ4n) is 1.93. The standard InChI is InChI=1S/C14H19N3O3/c1-2-19-11-5-3-10(4-6-11)8-16-9-12-7-13(14(15)18)17-20-12/h3-6,12,16H,2,7-9H2,1H3,(H2,15,18)/t12-/m0/s1. The highest BCUT2D eigenvalue weighted by atomic mass is 16.6. The van der Waals surface area contributed by atoms with Crippen LogP contribution in [0.3, 0.4) is 0 Å². The van der Waals surface area contributed by atoms with E-state index in [4.69, 9.17) is 15.3 Å². The van der Waals surface area contributed by atoms with Crippen molar-refractivity contribution in [1.82, 2.24) is 5.32 Å². The number of nitrogens with one attached hydrogen (secondary N) is 1. The fraction of sp³-hybridized carbons (Fsp3) is 0.429. The van der Waals surface area contributed by atoms with Crippen molar-refractivity contribution in [3.8, 4) is 5.75 Å². The third-order valence-electron chi connectivity index (χ3n) is 2.95. The summed E-state index contributed by atoms with van der Waals surface area (Å²) >= 11 is 0. The Morgan fingerprint density at radius 1 is 1.50 bits per heavy atom. The molecule has 3 N–H and O–H groups in total. The van der Waals surface area contributed by atoms with Crippen molar-refractivity contribution in [2.45, 2.75) is 26.0 Å². The van der Waals surface area contributed by atoms with Gasteiger partial charge in [0, 0.05) is 19.5 Å². The van der Waals surface area contributed by atoms with Crippen molar-refractivity contribution < 1.29 is 14.4 Å². The molecule has 0 spiro atoms. The van der Waals surface area contributed by atoms with Crippen LogP contribution in [0.25, 0.3) is 0 Å². The number of primary amides is 1. The zero-order valence-corrected chi connectivity index (χ0v) is 11.5. The first-order valence-corrected chi connectivity index (χ1v) is 6.64. The van der Waals surface area contributed by atoms with E-state index in [2.05, 4.69) is 10.5 Å². The van der Waals surface area contributed by atoms with Gasteiger partial charge in [0.15, 0.2) is 0 Å². The highest BCUT2D eigenvalue weighted by molar-refractivity contribution is 6.38. The first-order valence-electron chi connectivity index (χ1n) is 6.64. The molecule has 0 bridgehead atoms. The molecule has 0 fully saturated rings. The summed E-state index contributed by atoms with van der Waals surface area (Å²) in [6.07, 6.45) is 0.339. The second-order valence-corrected chi connectivity index (χ2v) is 4.54. The molecule has 2 rings (SSSR count). The second-order valence-electron chi connectivity index (χ2n) is 4.54. The number of benzene rings is 1. The van der Waals surface area contributed by atoms with Gasteiger partial charge in [0.1, 0.15) is 17.6 Å². The Bertz CT molecular complexity index is 485. The fourth-order valence-corrected chi connectivity index (χ4v) is 1.93. The molecule has 0 unspecified atom stereocenters. The average Bonchev–Trinajstić information content (AvgIpc) is 2.90. The Hall–Kier alpha value is -2.08. The van der Waals surface area contributed by atoms with Gasteiger partial charge >= 0.3 is 0 Å². The third-order valence-corrected chi connectivity index (χ3v) is 2.95. The summed E-state index contributed by atoms with van der Waals surface area (Å²) in [4.78, 5) is 16.0. The summed E-state index contributed by atoms with van der Waals surface area (Å²) in [7, 11) is 0. The number of hydrogen-bond acceptors (Lipinski definition) is 5. The predicted molar refractivity (Wildman–Crippen MR) is 75.4 cm³/mol. The summed E-state index contributed by atoms with van der Waals surface area (Å²) in [5.74, 6) is 0.355. The molecule has 1 aliphatic heterocycles. The number of carbonyl (C=O) groups is 1. The first kappa shape index (κ1) is 14.3. The van der Waals surface area contributed by atoms with Crippen LogP contribution >= 0.6 is 0 Å². The lowest BCUT2D eigenvalue weighted by molar-refractivity contribution is -0.112. The maximum absolute atomic E-state index is 10.9. The Morgan fingerprint density at radius 2 is 2.25 bits per heavy atom. The SMILES string of the molecule is CCOc1ccc(CNC[C@@H]2CC(C(N)=O)=NO2)cc1. The van der Waals surface area contributed by atoms with Crippen molar-refractivity contribution in [1.29, 1.82) is 0 Å². The number of nitrogens with zero attached hydrogens (tertiary/aromatic N) is 1. The van der Waals surface area contributed by atoms with Crippen LogP contribution in [0.4, 0.5) is 0 Å². The normalized spacial score (nSPS) is 17.4. The smallest absolute Gasteiger partial charge is 0.266 e.